The molecular formula is C18H18OS. The van der Waals surface area contributed by atoms with Gasteiger partial charge in [-0.15, -0.1) is 11.8 Å². The lowest BCUT2D eigenvalue weighted by Crippen LogP contribution is -1.89. The highest BCUT2D eigenvalue weighted by atomic mass is 32.2. The summed E-state index contributed by atoms with van der Waals surface area (Å²) in [6.45, 7) is 4.15. The summed E-state index contributed by atoms with van der Waals surface area (Å²) >= 11 is 1.83. The van der Waals surface area contributed by atoms with E-state index in [0.29, 0.717) is 0 Å². The second-order valence-corrected chi connectivity index (χ2v) is 5.69. The molecule has 0 atom stereocenters. The first-order valence-corrected chi connectivity index (χ1v) is 7.57. The van der Waals surface area contributed by atoms with Crippen molar-refractivity contribution in [3.05, 3.63) is 64.7 Å². The van der Waals surface area contributed by atoms with Gasteiger partial charge in [0.1, 0.15) is 6.61 Å². The van der Waals surface area contributed by atoms with E-state index in [2.05, 4.69) is 50.0 Å². The maximum atomic E-state index is 8.81. The first-order valence-electron chi connectivity index (χ1n) is 6.58. The Morgan fingerprint density at radius 2 is 1.90 bits per heavy atom. The molecule has 0 aliphatic heterocycles. The second-order valence-electron chi connectivity index (χ2n) is 4.67. The molecule has 0 aromatic heterocycles. The van der Waals surface area contributed by atoms with Gasteiger partial charge in [-0.2, -0.15) is 0 Å². The van der Waals surface area contributed by atoms with Crippen LogP contribution in [0.5, 0.6) is 0 Å². The SMILES string of the molecule is Cc1ccc(C)c(SCc2ccccc2C#CCO)c1. The van der Waals surface area contributed by atoms with E-state index in [1.54, 1.807) is 0 Å². The van der Waals surface area contributed by atoms with Crippen molar-refractivity contribution in [1.82, 2.24) is 0 Å². The van der Waals surface area contributed by atoms with E-state index in [1.165, 1.54) is 21.6 Å². The van der Waals surface area contributed by atoms with Crippen molar-refractivity contribution in [1.29, 1.82) is 0 Å². The molecule has 2 heteroatoms. The van der Waals surface area contributed by atoms with E-state index in [9.17, 15) is 0 Å². The zero-order valence-electron chi connectivity index (χ0n) is 11.8. The first-order chi connectivity index (χ1) is 9.70. The van der Waals surface area contributed by atoms with Crippen molar-refractivity contribution >= 4 is 11.8 Å². The molecule has 0 fully saturated rings. The zero-order valence-corrected chi connectivity index (χ0v) is 12.6. The zero-order chi connectivity index (χ0) is 14.4. The van der Waals surface area contributed by atoms with Crippen LogP contribution >= 0.6 is 11.8 Å². The van der Waals surface area contributed by atoms with Crippen molar-refractivity contribution in [3.63, 3.8) is 0 Å². The number of thioether (sulfide) groups is 1. The molecule has 0 radical (unpaired) electrons. The van der Waals surface area contributed by atoms with Crippen LogP contribution in [0.2, 0.25) is 0 Å². The van der Waals surface area contributed by atoms with Gasteiger partial charge >= 0.3 is 0 Å². The molecule has 102 valence electrons. The Balaban J connectivity index is 2.17. The molecule has 2 rings (SSSR count). The molecule has 1 nitrogen and oxygen atoms in total. The van der Waals surface area contributed by atoms with Crippen LogP contribution in [-0.2, 0) is 5.75 Å². The largest absolute Gasteiger partial charge is 0.384 e. The molecule has 20 heavy (non-hydrogen) atoms. The Kier molecular flexibility index (Phi) is 5.29. The minimum atomic E-state index is -0.0987. The summed E-state index contributed by atoms with van der Waals surface area (Å²) in [4.78, 5) is 1.31. The Labute approximate surface area is 125 Å². The molecular weight excluding hydrogens is 264 g/mol. The fourth-order valence-electron chi connectivity index (χ4n) is 1.92. The van der Waals surface area contributed by atoms with Crippen LogP contribution in [0.3, 0.4) is 0 Å². The van der Waals surface area contributed by atoms with Gasteiger partial charge in [-0.05, 0) is 37.1 Å². The smallest absolute Gasteiger partial charge is 0.104 e. The fraction of sp³-hybridized carbons (Fsp3) is 0.222. The van der Waals surface area contributed by atoms with E-state index in [4.69, 9.17) is 5.11 Å². The summed E-state index contributed by atoms with van der Waals surface area (Å²) in [7, 11) is 0. The number of aliphatic hydroxyl groups is 1. The minimum Gasteiger partial charge on any atom is -0.384 e. The summed E-state index contributed by atoms with van der Waals surface area (Å²) < 4.78 is 0. The molecule has 0 bridgehead atoms. The standard InChI is InChI=1S/C18H18OS/c1-14-9-10-15(2)18(12-14)20-13-17-7-4-3-6-16(17)8-5-11-19/h3-4,6-7,9-10,12,19H,11,13H2,1-2H3. The predicted molar refractivity (Wildman–Crippen MR) is 85.9 cm³/mol. The van der Waals surface area contributed by atoms with Crippen LogP contribution in [0.1, 0.15) is 22.3 Å². The Morgan fingerprint density at radius 1 is 1.10 bits per heavy atom. The fourth-order valence-corrected chi connectivity index (χ4v) is 3.05. The first kappa shape index (κ1) is 14.7. The van der Waals surface area contributed by atoms with Gasteiger partial charge in [-0.25, -0.2) is 0 Å². The monoisotopic (exact) mass is 282 g/mol. The Bertz CT molecular complexity index is 650. The van der Waals surface area contributed by atoms with E-state index in [1.807, 2.05) is 30.0 Å². The normalized spacial score (nSPS) is 9.95. The van der Waals surface area contributed by atoms with Gasteiger partial charge in [0, 0.05) is 16.2 Å². The van der Waals surface area contributed by atoms with Crippen molar-refractivity contribution < 1.29 is 5.11 Å². The minimum absolute atomic E-state index is 0.0987. The maximum Gasteiger partial charge on any atom is 0.104 e. The van der Waals surface area contributed by atoms with Gasteiger partial charge < -0.3 is 5.11 Å². The van der Waals surface area contributed by atoms with Crippen molar-refractivity contribution in [2.24, 2.45) is 0 Å². The molecule has 2 aromatic carbocycles. The lowest BCUT2D eigenvalue weighted by molar-refractivity contribution is 0.350. The van der Waals surface area contributed by atoms with Crippen molar-refractivity contribution in [2.75, 3.05) is 6.61 Å². The number of hydrogen-bond acceptors (Lipinski definition) is 2. The number of rotatable bonds is 3. The average Bonchev–Trinajstić information content (AvgIpc) is 2.47. The third kappa shape index (κ3) is 3.90. The number of aryl methyl sites for hydroxylation is 2. The highest BCUT2D eigenvalue weighted by molar-refractivity contribution is 7.98. The molecule has 0 aliphatic rings. The van der Waals surface area contributed by atoms with Gasteiger partial charge in [0.15, 0.2) is 0 Å². The molecule has 1 N–H and O–H groups in total. The van der Waals surface area contributed by atoms with Gasteiger partial charge in [0.2, 0.25) is 0 Å². The van der Waals surface area contributed by atoms with Gasteiger partial charge in [-0.1, -0.05) is 47.7 Å². The Morgan fingerprint density at radius 3 is 2.70 bits per heavy atom. The number of benzene rings is 2. The van der Waals surface area contributed by atoms with Crippen LogP contribution in [0.25, 0.3) is 0 Å². The van der Waals surface area contributed by atoms with Crippen LogP contribution in [0, 0.1) is 25.7 Å². The van der Waals surface area contributed by atoms with Crippen LogP contribution < -0.4 is 0 Å². The lowest BCUT2D eigenvalue weighted by Gasteiger charge is -2.08. The summed E-state index contributed by atoms with van der Waals surface area (Å²) in [6, 6.07) is 14.6. The van der Waals surface area contributed by atoms with Gasteiger partial charge in [0.05, 0.1) is 0 Å². The van der Waals surface area contributed by atoms with Crippen LogP contribution in [0.4, 0.5) is 0 Å². The maximum absolute atomic E-state index is 8.81. The summed E-state index contributed by atoms with van der Waals surface area (Å²) in [5, 5.41) is 8.81. The Hall–Kier alpha value is -1.69. The van der Waals surface area contributed by atoms with Crippen molar-refractivity contribution in [3.8, 4) is 11.8 Å². The molecule has 0 unspecified atom stereocenters. The van der Waals surface area contributed by atoms with Gasteiger partial charge in [0.25, 0.3) is 0 Å². The van der Waals surface area contributed by atoms with Gasteiger partial charge in [-0.3, -0.25) is 0 Å². The lowest BCUT2D eigenvalue weighted by atomic mass is 10.1. The number of aliphatic hydroxyl groups excluding tert-OH is 1. The van der Waals surface area contributed by atoms with Crippen LogP contribution in [-0.4, -0.2) is 11.7 Å². The average molecular weight is 282 g/mol. The third-order valence-electron chi connectivity index (χ3n) is 3.05. The predicted octanol–water partition coefficient (Wildman–Crippen LogP) is 3.94. The molecule has 0 aliphatic carbocycles. The topological polar surface area (TPSA) is 20.2 Å². The van der Waals surface area contributed by atoms with E-state index >= 15 is 0 Å². The summed E-state index contributed by atoms with van der Waals surface area (Å²) in [5.74, 6) is 6.62. The molecule has 0 heterocycles. The molecule has 0 amide bonds. The van der Waals surface area contributed by atoms with E-state index < -0.39 is 0 Å². The number of hydrogen-bond donors (Lipinski definition) is 1. The highest BCUT2D eigenvalue weighted by Crippen LogP contribution is 2.27. The summed E-state index contributed by atoms with van der Waals surface area (Å²) in [6.07, 6.45) is 0. The molecule has 0 spiro atoms. The quantitative estimate of drug-likeness (QED) is 0.679. The van der Waals surface area contributed by atoms with E-state index in [0.717, 1.165) is 11.3 Å². The molecule has 2 aromatic rings. The summed E-state index contributed by atoms with van der Waals surface area (Å²) in [5.41, 5.74) is 4.80. The van der Waals surface area contributed by atoms with Crippen molar-refractivity contribution in [2.45, 2.75) is 24.5 Å². The van der Waals surface area contributed by atoms with Crippen LogP contribution in [0.15, 0.2) is 47.4 Å². The highest BCUT2D eigenvalue weighted by Gasteiger charge is 2.03. The van der Waals surface area contributed by atoms with E-state index in [-0.39, 0.29) is 6.61 Å². The molecule has 0 saturated carbocycles. The third-order valence-corrected chi connectivity index (χ3v) is 4.25. The molecule has 0 saturated heterocycles. The second kappa shape index (κ2) is 7.19.